The number of benzene rings is 1. The second kappa shape index (κ2) is 8.33. The summed E-state index contributed by atoms with van der Waals surface area (Å²) < 4.78 is 6.06. The molecule has 4 aromatic heterocycles. The average Bonchev–Trinajstić information content (AvgIpc) is 3.55. The van der Waals surface area contributed by atoms with Crippen LogP contribution in [0, 0.1) is 6.92 Å². The first kappa shape index (κ1) is 20.5. The van der Waals surface area contributed by atoms with Gasteiger partial charge in [0.2, 0.25) is 0 Å². The van der Waals surface area contributed by atoms with Gasteiger partial charge in [-0.15, -0.1) is 11.3 Å². The molecule has 6 rings (SSSR count). The number of rotatable bonds is 5. The number of nitrogens with zero attached hydrogens (tertiary/aromatic N) is 3. The molecule has 1 aromatic carbocycles. The minimum absolute atomic E-state index is 0.0519. The summed E-state index contributed by atoms with van der Waals surface area (Å²) in [7, 11) is 0. The second-order valence-corrected chi connectivity index (χ2v) is 10.1. The van der Waals surface area contributed by atoms with Gasteiger partial charge in [0.15, 0.2) is 16.1 Å². The van der Waals surface area contributed by atoms with Gasteiger partial charge in [-0.25, -0.2) is 9.97 Å². The molecule has 1 aliphatic heterocycles. The fraction of sp³-hybridized carbons (Fsp3) is 0.208. The fourth-order valence-electron chi connectivity index (χ4n) is 4.11. The van der Waals surface area contributed by atoms with Gasteiger partial charge < -0.3 is 14.4 Å². The molecule has 5 heterocycles. The number of hydrogen-bond donors (Lipinski definition) is 2. The van der Waals surface area contributed by atoms with Crippen LogP contribution in [0.25, 0.3) is 21.7 Å². The van der Waals surface area contributed by atoms with E-state index < -0.39 is 0 Å². The lowest BCUT2D eigenvalue weighted by molar-refractivity contribution is 0.217. The maximum absolute atomic E-state index is 12.7. The van der Waals surface area contributed by atoms with E-state index in [9.17, 15) is 4.79 Å². The molecule has 0 saturated heterocycles. The lowest BCUT2D eigenvalue weighted by atomic mass is 10.1. The maximum atomic E-state index is 12.7. The summed E-state index contributed by atoms with van der Waals surface area (Å²) in [5, 5.41) is 3.59. The standard InChI is InChI=1S/C24H21N5O2S2/c1-14-4-6-18-19(11-14)27-24(26-18)33-21-7-5-15(31-21)12-29-9-8-17-16(13-29)23(30)28-22(25-17)20-3-2-10-32-20/h2-7,10-11H,8-9,12-13H2,1H3,(H,26,27)(H,25,28,30). The van der Waals surface area contributed by atoms with Gasteiger partial charge in [-0.1, -0.05) is 12.1 Å². The summed E-state index contributed by atoms with van der Waals surface area (Å²) in [5.41, 5.74) is 4.77. The Bertz CT molecular complexity index is 1500. The summed E-state index contributed by atoms with van der Waals surface area (Å²) in [6.45, 7) is 4.11. The van der Waals surface area contributed by atoms with E-state index in [1.807, 2.05) is 35.7 Å². The number of aromatic nitrogens is 4. The monoisotopic (exact) mass is 475 g/mol. The first-order valence-electron chi connectivity index (χ1n) is 10.7. The fourth-order valence-corrected chi connectivity index (χ4v) is 5.56. The van der Waals surface area contributed by atoms with Crippen LogP contribution >= 0.6 is 23.1 Å². The van der Waals surface area contributed by atoms with Gasteiger partial charge in [-0.05, 0) is 60.0 Å². The first-order chi connectivity index (χ1) is 16.1. The molecule has 0 fully saturated rings. The van der Waals surface area contributed by atoms with Crippen LogP contribution in [0.4, 0.5) is 0 Å². The van der Waals surface area contributed by atoms with E-state index in [0.717, 1.165) is 56.1 Å². The molecule has 0 amide bonds. The predicted octanol–water partition coefficient (Wildman–Crippen LogP) is 4.99. The van der Waals surface area contributed by atoms with Crippen molar-refractivity contribution in [3.8, 4) is 10.7 Å². The van der Waals surface area contributed by atoms with Crippen LogP contribution in [-0.4, -0.2) is 31.4 Å². The lowest BCUT2D eigenvalue weighted by Gasteiger charge is -2.26. The van der Waals surface area contributed by atoms with E-state index in [-0.39, 0.29) is 5.56 Å². The van der Waals surface area contributed by atoms with Gasteiger partial charge in [0.25, 0.3) is 5.56 Å². The molecule has 0 aliphatic carbocycles. The van der Waals surface area contributed by atoms with Crippen molar-refractivity contribution in [2.75, 3.05) is 6.54 Å². The molecule has 33 heavy (non-hydrogen) atoms. The van der Waals surface area contributed by atoms with Gasteiger partial charge in [0.05, 0.1) is 33.7 Å². The number of nitrogens with one attached hydrogen (secondary N) is 2. The lowest BCUT2D eigenvalue weighted by Crippen LogP contribution is -2.35. The van der Waals surface area contributed by atoms with Gasteiger partial charge in [0.1, 0.15) is 5.76 Å². The Hall–Kier alpha value is -3.14. The molecule has 5 aromatic rings. The van der Waals surface area contributed by atoms with Crippen molar-refractivity contribution >= 4 is 34.1 Å². The summed E-state index contributed by atoms with van der Waals surface area (Å²) in [4.78, 5) is 31.6. The third kappa shape index (κ3) is 4.15. The number of H-pyrrole nitrogens is 2. The molecular weight excluding hydrogens is 454 g/mol. The van der Waals surface area contributed by atoms with E-state index in [2.05, 4.69) is 38.9 Å². The molecule has 0 radical (unpaired) electrons. The number of hydrogen-bond acceptors (Lipinski definition) is 7. The van der Waals surface area contributed by atoms with Crippen molar-refractivity contribution in [2.45, 2.75) is 36.7 Å². The Morgan fingerprint density at radius 2 is 2.12 bits per heavy atom. The van der Waals surface area contributed by atoms with Crippen LogP contribution in [0.5, 0.6) is 0 Å². The van der Waals surface area contributed by atoms with Gasteiger partial charge in [-0.3, -0.25) is 9.69 Å². The summed E-state index contributed by atoms with van der Waals surface area (Å²) in [5.74, 6) is 1.53. The van der Waals surface area contributed by atoms with Crippen LogP contribution in [-0.2, 0) is 19.5 Å². The molecular formula is C24H21N5O2S2. The van der Waals surface area contributed by atoms with E-state index in [1.54, 1.807) is 11.3 Å². The Balaban J connectivity index is 1.15. The van der Waals surface area contributed by atoms with Crippen LogP contribution in [0.3, 0.4) is 0 Å². The summed E-state index contributed by atoms with van der Waals surface area (Å²) in [6.07, 6.45) is 0.748. The highest BCUT2D eigenvalue weighted by molar-refractivity contribution is 7.99. The normalized spacial score (nSPS) is 14.1. The van der Waals surface area contributed by atoms with Gasteiger partial charge in [0, 0.05) is 19.5 Å². The molecule has 0 spiro atoms. The third-order valence-electron chi connectivity index (χ3n) is 5.73. The Morgan fingerprint density at radius 1 is 1.18 bits per heavy atom. The van der Waals surface area contributed by atoms with Crippen molar-refractivity contribution in [1.29, 1.82) is 0 Å². The van der Waals surface area contributed by atoms with Crippen LogP contribution in [0.1, 0.15) is 22.6 Å². The van der Waals surface area contributed by atoms with E-state index >= 15 is 0 Å². The number of furan rings is 1. The van der Waals surface area contributed by atoms with Crippen LogP contribution in [0.2, 0.25) is 0 Å². The van der Waals surface area contributed by atoms with E-state index in [4.69, 9.17) is 9.40 Å². The topological polar surface area (TPSA) is 90.8 Å². The molecule has 2 N–H and O–H groups in total. The van der Waals surface area contributed by atoms with Crippen LogP contribution in [0.15, 0.2) is 67.3 Å². The number of imidazole rings is 1. The molecule has 0 saturated carbocycles. The largest absolute Gasteiger partial charge is 0.453 e. The Morgan fingerprint density at radius 3 is 3.00 bits per heavy atom. The zero-order valence-electron chi connectivity index (χ0n) is 17.9. The molecule has 0 bridgehead atoms. The van der Waals surface area contributed by atoms with Gasteiger partial charge >= 0.3 is 0 Å². The second-order valence-electron chi connectivity index (χ2n) is 8.16. The molecule has 1 aliphatic rings. The molecule has 7 nitrogen and oxygen atoms in total. The molecule has 166 valence electrons. The highest BCUT2D eigenvalue weighted by atomic mass is 32.2. The molecule has 0 unspecified atom stereocenters. The van der Waals surface area contributed by atoms with Crippen molar-refractivity contribution in [3.05, 3.63) is 80.8 Å². The zero-order valence-corrected chi connectivity index (χ0v) is 19.6. The minimum Gasteiger partial charge on any atom is -0.453 e. The number of fused-ring (bicyclic) bond motifs is 2. The quantitative estimate of drug-likeness (QED) is 0.372. The van der Waals surface area contributed by atoms with Crippen LogP contribution < -0.4 is 5.56 Å². The first-order valence-corrected chi connectivity index (χ1v) is 12.4. The zero-order chi connectivity index (χ0) is 22.4. The van der Waals surface area contributed by atoms with Crippen molar-refractivity contribution < 1.29 is 4.42 Å². The Kier molecular flexibility index (Phi) is 5.17. The van der Waals surface area contributed by atoms with Gasteiger partial charge in [-0.2, -0.15) is 0 Å². The van der Waals surface area contributed by atoms with Crippen molar-refractivity contribution in [2.24, 2.45) is 0 Å². The SMILES string of the molecule is Cc1ccc2nc(Sc3ccc(CN4CCc5nc(-c6cccs6)[nH]c(=O)c5C4)o3)[nH]c2c1. The molecule has 0 atom stereocenters. The highest BCUT2D eigenvalue weighted by Gasteiger charge is 2.22. The maximum Gasteiger partial charge on any atom is 0.255 e. The average molecular weight is 476 g/mol. The van der Waals surface area contributed by atoms with E-state index in [1.165, 1.54) is 17.3 Å². The number of aryl methyl sites for hydroxylation is 1. The Labute approximate surface area is 197 Å². The minimum atomic E-state index is -0.0519. The smallest absolute Gasteiger partial charge is 0.255 e. The van der Waals surface area contributed by atoms with Crippen molar-refractivity contribution in [3.63, 3.8) is 0 Å². The number of thiophene rings is 1. The van der Waals surface area contributed by atoms with E-state index in [0.29, 0.717) is 18.9 Å². The predicted molar refractivity (Wildman–Crippen MR) is 130 cm³/mol. The summed E-state index contributed by atoms with van der Waals surface area (Å²) in [6, 6.07) is 14.1. The summed E-state index contributed by atoms with van der Waals surface area (Å²) >= 11 is 3.06. The number of aromatic amines is 2. The third-order valence-corrected chi connectivity index (χ3v) is 7.42. The molecule has 9 heteroatoms. The highest BCUT2D eigenvalue weighted by Crippen LogP contribution is 2.30. The van der Waals surface area contributed by atoms with Crippen molar-refractivity contribution in [1.82, 2.24) is 24.8 Å².